The zero-order valence-corrected chi connectivity index (χ0v) is 13.3. The molecule has 4 nitrogen and oxygen atoms in total. The highest BCUT2D eigenvalue weighted by Gasteiger charge is 2.19. The number of hydrogen-bond donors (Lipinski definition) is 1. The van der Waals surface area contributed by atoms with Crippen LogP contribution in [0.5, 0.6) is 5.75 Å². The zero-order valence-electron chi connectivity index (χ0n) is 13.3. The largest absolute Gasteiger partial charge is 0.497 e. The van der Waals surface area contributed by atoms with Gasteiger partial charge in [0.2, 0.25) is 0 Å². The Morgan fingerprint density at radius 1 is 1.38 bits per heavy atom. The van der Waals surface area contributed by atoms with Crippen LogP contribution < -0.4 is 10.1 Å². The van der Waals surface area contributed by atoms with Crippen molar-refractivity contribution < 1.29 is 14.2 Å². The maximum atomic E-state index is 6.12. The molecule has 2 unspecified atom stereocenters. The predicted octanol–water partition coefficient (Wildman–Crippen LogP) is 2.93. The minimum absolute atomic E-state index is 0.0201. The molecule has 4 heteroatoms. The molecule has 118 valence electrons. The Balaban J connectivity index is 1.98. The second-order valence-corrected chi connectivity index (χ2v) is 5.80. The van der Waals surface area contributed by atoms with Crippen LogP contribution in [-0.4, -0.2) is 39.0 Å². The molecule has 0 bridgehead atoms. The number of ether oxygens (including phenoxy) is 3. The van der Waals surface area contributed by atoms with Crippen LogP contribution in [0, 0.1) is 0 Å². The Labute approximate surface area is 127 Å². The van der Waals surface area contributed by atoms with Gasteiger partial charge in [-0.1, -0.05) is 26.0 Å². The molecule has 21 heavy (non-hydrogen) atoms. The third kappa shape index (κ3) is 5.30. The van der Waals surface area contributed by atoms with E-state index in [2.05, 4.69) is 25.2 Å². The summed E-state index contributed by atoms with van der Waals surface area (Å²) in [5.41, 5.74) is 1.14. The van der Waals surface area contributed by atoms with Gasteiger partial charge in [0.15, 0.2) is 0 Å². The van der Waals surface area contributed by atoms with Crippen molar-refractivity contribution in [1.82, 2.24) is 5.32 Å². The summed E-state index contributed by atoms with van der Waals surface area (Å²) < 4.78 is 17.1. The molecular weight excluding hydrogens is 266 g/mol. The zero-order chi connectivity index (χ0) is 15.1. The number of methoxy groups -OCH3 is 1. The lowest BCUT2D eigenvalue weighted by Gasteiger charge is -2.22. The molecule has 1 aromatic carbocycles. The summed E-state index contributed by atoms with van der Waals surface area (Å²) in [6.45, 7) is 6.59. The Hall–Kier alpha value is -1.10. The van der Waals surface area contributed by atoms with Gasteiger partial charge in [-0.2, -0.15) is 0 Å². The maximum Gasteiger partial charge on any atom is 0.119 e. The fourth-order valence-corrected chi connectivity index (χ4v) is 2.46. The van der Waals surface area contributed by atoms with E-state index in [0.29, 0.717) is 12.6 Å². The van der Waals surface area contributed by atoms with E-state index in [1.165, 1.54) is 0 Å². The first kappa shape index (κ1) is 16.3. The van der Waals surface area contributed by atoms with Gasteiger partial charge in [0, 0.05) is 19.2 Å². The summed E-state index contributed by atoms with van der Waals surface area (Å²) in [5, 5.41) is 3.45. The van der Waals surface area contributed by atoms with Gasteiger partial charge in [0.1, 0.15) is 5.75 Å². The maximum absolute atomic E-state index is 6.12. The van der Waals surface area contributed by atoms with Crippen LogP contribution in [-0.2, 0) is 9.47 Å². The van der Waals surface area contributed by atoms with Gasteiger partial charge in [-0.3, -0.25) is 0 Å². The molecule has 0 aliphatic carbocycles. The van der Waals surface area contributed by atoms with Crippen LogP contribution in [0.25, 0.3) is 0 Å². The lowest BCUT2D eigenvalue weighted by atomic mass is 10.1. The normalized spacial score (nSPS) is 19.9. The number of nitrogens with one attached hydrogen (secondary N) is 1. The molecule has 1 aliphatic rings. The van der Waals surface area contributed by atoms with Gasteiger partial charge in [0.25, 0.3) is 0 Å². The molecule has 1 aliphatic heterocycles. The average molecular weight is 293 g/mol. The summed E-state index contributed by atoms with van der Waals surface area (Å²) >= 11 is 0. The van der Waals surface area contributed by atoms with Crippen molar-refractivity contribution in [3.05, 3.63) is 29.8 Å². The van der Waals surface area contributed by atoms with E-state index >= 15 is 0 Å². The first-order valence-electron chi connectivity index (χ1n) is 7.79. The summed E-state index contributed by atoms with van der Waals surface area (Å²) in [4.78, 5) is 0. The van der Waals surface area contributed by atoms with Gasteiger partial charge >= 0.3 is 0 Å². The minimum atomic E-state index is 0.0201. The molecule has 0 radical (unpaired) electrons. The van der Waals surface area contributed by atoms with E-state index in [-0.39, 0.29) is 12.2 Å². The van der Waals surface area contributed by atoms with Crippen LogP contribution in [0.4, 0.5) is 0 Å². The highest BCUT2D eigenvalue weighted by molar-refractivity contribution is 5.30. The lowest BCUT2D eigenvalue weighted by molar-refractivity contribution is -0.0215. The molecule has 0 amide bonds. The second-order valence-electron chi connectivity index (χ2n) is 5.80. The minimum Gasteiger partial charge on any atom is -0.497 e. The summed E-state index contributed by atoms with van der Waals surface area (Å²) in [6.07, 6.45) is 2.51. The van der Waals surface area contributed by atoms with Crippen molar-refractivity contribution in [2.24, 2.45) is 0 Å². The van der Waals surface area contributed by atoms with Gasteiger partial charge < -0.3 is 19.5 Å². The monoisotopic (exact) mass is 293 g/mol. The molecule has 2 rings (SSSR count). The lowest BCUT2D eigenvalue weighted by Crippen LogP contribution is -2.30. The molecular formula is C17H27NO3. The molecule has 0 saturated carbocycles. The molecule has 1 saturated heterocycles. The molecule has 2 atom stereocenters. The van der Waals surface area contributed by atoms with Gasteiger partial charge in [-0.25, -0.2) is 0 Å². The quantitative estimate of drug-likeness (QED) is 0.800. The SMILES string of the molecule is COc1cccc(C(CNC(C)C)OCC2CCCO2)c1. The van der Waals surface area contributed by atoms with Crippen molar-refractivity contribution in [3.63, 3.8) is 0 Å². The second kappa shape index (κ2) is 8.37. The molecule has 1 aromatic rings. The topological polar surface area (TPSA) is 39.7 Å². The fraction of sp³-hybridized carbons (Fsp3) is 0.647. The molecule has 1 fully saturated rings. The van der Waals surface area contributed by atoms with E-state index in [0.717, 1.165) is 37.3 Å². The Kier molecular flexibility index (Phi) is 6.49. The highest BCUT2D eigenvalue weighted by Crippen LogP contribution is 2.23. The summed E-state index contributed by atoms with van der Waals surface area (Å²) in [7, 11) is 1.69. The van der Waals surface area contributed by atoms with Crippen LogP contribution in [0.15, 0.2) is 24.3 Å². The first-order valence-corrected chi connectivity index (χ1v) is 7.79. The van der Waals surface area contributed by atoms with Gasteiger partial charge in [-0.15, -0.1) is 0 Å². The van der Waals surface area contributed by atoms with E-state index < -0.39 is 0 Å². The third-order valence-electron chi connectivity index (χ3n) is 3.68. The van der Waals surface area contributed by atoms with Crippen LogP contribution in [0.3, 0.4) is 0 Å². The van der Waals surface area contributed by atoms with Crippen molar-refractivity contribution in [2.45, 2.75) is 44.9 Å². The van der Waals surface area contributed by atoms with E-state index in [9.17, 15) is 0 Å². The summed E-state index contributed by atoms with van der Waals surface area (Å²) in [5.74, 6) is 0.864. The predicted molar refractivity (Wildman–Crippen MR) is 83.8 cm³/mol. The third-order valence-corrected chi connectivity index (χ3v) is 3.68. The Morgan fingerprint density at radius 2 is 2.24 bits per heavy atom. The number of benzene rings is 1. The molecule has 0 spiro atoms. The highest BCUT2D eigenvalue weighted by atomic mass is 16.5. The molecule has 0 aromatic heterocycles. The fourth-order valence-electron chi connectivity index (χ4n) is 2.46. The van der Waals surface area contributed by atoms with Crippen LogP contribution in [0.2, 0.25) is 0 Å². The Morgan fingerprint density at radius 3 is 2.90 bits per heavy atom. The van der Waals surface area contributed by atoms with Gasteiger partial charge in [0.05, 0.1) is 25.9 Å². The van der Waals surface area contributed by atoms with E-state index in [1.807, 2.05) is 18.2 Å². The van der Waals surface area contributed by atoms with E-state index in [4.69, 9.17) is 14.2 Å². The molecule has 1 heterocycles. The molecule has 1 N–H and O–H groups in total. The van der Waals surface area contributed by atoms with Crippen molar-refractivity contribution >= 4 is 0 Å². The van der Waals surface area contributed by atoms with Gasteiger partial charge in [-0.05, 0) is 30.5 Å². The van der Waals surface area contributed by atoms with Crippen LogP contribution >= 0.6 is 0 Å². The average Bonchev–Trinajstić information content (AvgIpc) is 3.00. The van der Waals surface area contributed by atoms with Crippen molar-refractivity contribution in [3.8, 4) is 5.75 Å². The van der Waals surface area contributed by atoms with E-state index in [1.54, 1.807) is 7.11 Å². The number of hydrogen-bond acceptors (Lipinski definition) is 4. The smallest absolute Gasteiger partial charge is 0.119 e. The van der Waals surface area contributed by atoms with Crippen molar-refractivity contribution in [2.75, 3.05) is 26.9 Å². The Bertz CT molecular complexity index is 416. The van der Waals surface area contributed by atoms with Crippen molar-refractivity contribution in [1.29, 1.82) is 0 Å². The number of rotatable bonds is 8. The summed E-state index contributed by atoms with van der Waals surface area (Å²) in [6, 6.07) is 8.53. The standard InChI is InChI=1S/C17H27NO3/c1-13(2)18-11-17(21-12-16-8-5-9-20-16)14-6-4-7-15(10-14)19-3/h4,6-7,10,13,16-18H,5,8-9,11-12H2,1-3H3. The first-order chi connectivity index (χ1) is 10.2. The van der Waals surface area contributed by atoms with Crippen LogP contribution in [0.1, 0.15) is 38.4 Å².